The van der Waals surface area contributed by atoms with E-state index < -0.39 is 6.04 Å². The predicted octanol–water partition coefficient (Wildman–Crippen LogP) is 5.71. The number of methoxy groups -OCH3 is 1. The Kier molecular flexibility index (Phi) is 11.0. The number of piperidine rings is 3. The molecule has 1 aromatic heterocycles. The summed E-state index contributed by atoms with van der Waals surface area (Å²) in [5, 5.41) is 12.4. The van der Waals surface area contributed by atoms with Crippen LogP contribution in [0.5, 0.6) is 5.75 Å². The standard InChI is InChI=1S/C42H46ClN9O5/c1-25(53)32-5-3-4-6-34(32)46-40-33(43)21-44-42(49-40)47-35-12-11-29(20-37(35)57-2)51-22-30-19-31(23-51)52(30)39(55)24-50-17-15-27(16-18-50)26-7-9-28(10-8-26)45-36-13-14-38(54)48-41(36)56/h3-12,20-21,27,30-31,36,45H,13-19,22-24H2,1-2H3,(H,48,54,56)(H2,44,46,47,49). The molecule has 15 heteroatoms. The Bertz CT molecular complexity index is 2170. The molecule has 5 aliphatic heterocycles. The number of hydrogen-bond donors (Lipinski definition) is 4. The number of halogens is 1. The molecule has 3 amide bonds. The van der Waals surface area contributed by atoms with Gasteiger partial charge in [-0.1, -0.05) is 35.9 Å². The van der Waals surface area contributed by atoms with E-state index in [9.17, 15) is 19.2 Å². The Morgan fingerprint density at radius 1 is 0.947 bits per heavy atom. The zero-order chi connectivity index (χ0) is 39.6. The number of nitrogens with zero attached hydrogens (tertiary/aromatic N) is 5. The van der Waals surface area contributed by atoms with Crippen molar-refractivity contribution in [1.82, 2.24) is 25.1 Å². The molecule has 0 saturated carbocycles. The van der Waals surface area contributed by atoms with E-state index in [4.69, 9.17) is 16.3 Å². The number of fused-ring (bicyclic) bond motifs is 2. The first-order valence-corrected chi connectivity index (χ1v) is 19.8. The van der Waals surface area contributed by atoms with Crippen LogP contribution in [-0.4, -0.2) is 101 Å². The van der Waals surface area contributed by atoms with Gasteiger partial charge in [-0.15, -0.1) is 0 Å². The highest BCUT2D eigenvalue weighted by Gasteiger charge is 2.47. The van der Waals surface area contributed by atoms with Gasteiger partial charge in [-0.05, 0) is 93.6 Å². The van der Waals surface area contributed by atoms with Gasteiger partial charge in [-0.25, -0.2) is 4.98 Å². The van der Waals surface area contributed by atoms with Crippen molar-refractivity contribution in [2.24, 2.45) is 0 Å². The molecule has 9 rings (SSSR count). The summed E-state index contributed by atoms with van der Waals surface area (Å²) in [4.78, 5) is 64.9. The van der Waals surface area contributed by atoms with Crippen LogP contribution in [0.3, 0.4) is 0 Å². The number of ketones is 1. The number of nitrogens with one attached hydrogen (secondary N) is 4. The lowest BCUT2D eigenvalue weighted by Gasteiger charge is -2.57. The lowest BCUT2D eigenvalue weighted by Crippen LogP contribution is -2.71. The molecule has 4 N–H and O–H groups in total. The third-order valence-corrected chi connectivity index (χ3v) is 11.8. The number of anilines is 6. The summed E-state index contributed by atoms with van der Waals surface area (Å²) >= 11 is 6.42. The highest BCUT2D eigenvalue weighted by atomic mass is 35.5. The second-order valence-corrected chi connectivity index (χ2v) is 15.6. The molecule has 0 radical (unpaired) electrons. The summed E-state index contributed by atoms with van der Waals surface area (Å²) in [5.74, 6) is 1.35. The van der Waals surface area contributed by atoms with E-state index >= 15 is 0 Å². The minimum Gasteiger partial charge on any atom is -0.494 e. The molecule has 57 heavy (non-hydrogen) atoms. The quantitative estimate of drug-likeness (QED) is 0.102. The molecular formula is C42H46ClN9O5. The van der Waals surface area contributed by atoms with Gasteiger partial charge in [0.15, 0.2) is 11.6 Å². The van der Waals surface area contributed by atoms with E-state index in [0.717, 1.165) is 56.8 Å². The first-order valence-electron chi connectivity index (χ1n) is 19.4. The number of rotatable bonds is 12. The third-order valence-electron chi connectivity index (χ3n) is 11.5. The van der Waals surface area contributed by atoms with Gasteiger partial charge >= 0.3 is 0 Å². The van der Waals surface area contributed by atoms with Gasteiger partial charge < -0.3 is 30.5 Å². The van der Waals surface area contributed by atoms with Crippen molar-refractivity contribution >= 4 is 69.6 Å². The molecule has 0 aliphatic carbocycles. The second-order valence-electron chi connectivity index (χ2n) is 15.2. The molecule has 3 atom stereocenters. The number of Topliss-reactive ketones (excluding diaryl/α,β-unsaturated/α-hetero) is 1. The van der Waals surface area contributed by atoms with Gasteiger partial charge in [0.25, 0.3) is 0 Å². The van der Waals surface area contributed by atoms with E-state index in [2.05, 4.69) is 58.1 Å². The molecule has 3 unspecified atom stereocenters. The number of likely N-dealkylation sites (tertiary alicyclic amines) is 1. The smallest absolute Gasteiger partial charge is 0.249 e. The molecule has 5 aliphatic rings. The molecule has 3 aromatic carbocycles. The molecular weight excluding hydrogens is 746 g/mol. The summed E-state index contributed by atoms with van der Waals surface area (Å²) in [7, 11) is 1.62. The fourth-order valence-electron chi connectivity index (χ4n) is 8.45. The topological polar surface area (TPSA) is 161 Å². The van der Waals surface area contributed by atoms with Gasteiger partial charge in [0.1, 0.15) is 16.8 Å². The Labute approximate surface area is 336 Å². The zero-order valence-corrected chi connectivity index (χ0v) is 32.7. The number of para-hydroxylation sites is 1. The Balaban J connectivity index is 0.823. The van der Waals surface area contributed by atoms with E-state index in [1.165, 1.54) is 18.7 Å². The number of amides is 3. The molecule has 5 saturated heterocycles. The van der Waals surface area contributed by atoms with Crippen LogP contribution < -0.4 is 30.9 Å². The Morgan fingerprint density at radius 2 is 1.70 bits per heavy atom. The largest absolute Gasteiger partial charge is 0.494 e. The van der Waals surface area contributed by atoms with Crippen molar-refractivity contribution in [1.29, 1.82) is 0 Å². The van der Waals surface area contributed by atoms with Crippen molar-refractivity contribution in [3.8, 4) is 5.75 Å². The van der Waals surface area contributed by atoms with Gasteiger partial charge in [-0.3, -0.25) is 29.4 Å². The summed E-state index contributed by atoms with van der Waals surface area (Å²) in [5.41, 5.74) is 4.96. The fourth-order valence-corrected chi connectivity index (χ4v) is 8.59. The monoisotopic (exact) mass is 791 g/mol. The molecule has 6 heterocycles. The minimum atomic E-state index is -0.400. The summed E-state index contributed by atoms with van der Waals surface area (Å²) < 4.78 is 5.78. The van der Waals surface area contributed by atoms with Crippen LogP contribution in [0.15, 0.2) is 72.9 Å². The summed E-state index contributed by atoms with van der Waals surface area (Å²) in [6.07, 6.45) is 5.32. The van der Waals surface area contributed by atoms with Crippen LogP contribution in [-0.2, 0) is 14.4 Å². The number of ether oxygens (including phenoxy) is 1. The van der Waals surface area contributed by atoms with Crippen molar-refractivity contribution in [2.45, 2.75) is 63.1 Å². The number of benzene rings is 3. The lowest BCUT2D eigenvalue weighted by molar-refractivity contribution is -0.147. The molecule has 5 fully saturated rings. The van der Waals surface area contributed by atoms with Crippen molar-refractivity contribution in [2.75, 3.05) is 60.7 Å². The number of carbonyl (C=O) groups is 4. The third kappa shape index (κ3) is 8.37. The average Bonchev–Trinajstić information content (AvgIpc) is 3.21. The maximum atomic E-state index is 13.6. The predicted molar refractivity (Wildman–Crippen MR) is 219 cm³/mol. The SMILES string of the molecule is COc1cc(N2CC3CC(C2)N3C(=O)CN2CCC(c3ccc(NC4CCC(=O)NC4=O)cc3)CC2)ccc1Nc1ncc(Cl)c(Nc2ccccc2C(C)=O)n1. The van der Waals surface area contributed by atoms with Crippen LogP contribution in [0.4, 0.5) is 34.5 Å². The van der Waals surface area contributed by atoms with Crippen LogP contribution in [0, 0.1) is 0 Å². The summed E-state index contributed by atoms with van der Waals surface area (Å²) in [6.45, 7) is 5.20. The first kappa shape index (κ1) is 38.2. The van der Waals surface area contributed by atoms with Crippen molar-refractivity contribution in [3.05, 3.63) is 89.1 Å². The number of imide groups is 1. The minimum absolute atomic E-state index is 0.0752. The molecule has 296 valence electrons. The molecule has 14 nitrogen and oxygen atoms in total. The highest BCUT2D eigenvalue weighted by Crippen LogP contribution is 2.39. The van der Waals surface area contributed by atoms with E-state index in [0.29, 0.717) is 64.8 Å². The maximum Gasteiger partial charge on any atom is 0.249 e. The second kappa shape index (κ2) is 16.4. The number of piperazine rings is 1. The Hall–Kier alpha value is -5.73. The number of carbonyl (C=O) groups excluding carboxylic acids is 4. The van der Waals surface area contributed by atoms with E-state index in [1.807, 2.05) is 36.4 Å². The normalized spacial score (nSPS) is 21.0. The Morgan fingerprint density at radius 3 is 2.42 bits per heavy atom. The lowest BCUT2D eigenvalue weighted by atomic mass is 9.86. The van der Waals surface area contributed by atoms with Crippen LogP contribution in [0.1, 0.15) is 60.9 Å². The van der Waals surface area contributed by atoms with Crippen LogP contribution in [0.25, 0.3) is 0 Å². The summed E-state index contributed by atoms with van der Waals surface area (Å²) in [6, 6.07) is 21.3. The molecule has 2 bridgehead atoms. The first-order chi connectivity index (χ1) is 27.6. The van der Waals surface area contributed by atoms with Crippen molar-refractivity contribution < 1.29 is 23.9 Å². The van der Waals surface area contributed by atoms with Gasteiger partial charge in [0, 0.05) is 42.5 Å². The van der Waals surface area contributed by atoms with Crippen LogP contribution in [0.2, 0.25) is 5.02 Å². The van der Waals surface area contributed by atoms with Gasteiger partial charge in [-0.2, -0.15) is 4.98 Å². The number of aromatic nitrogens is 2. The van der Waals surface area contributed by atoms with Gasteiger partial charge in [0.2, 0.25) is 23.7 Å². The van der Waals surface area contributed by atoms with Crippen LogP contribution >= 0.6 is 11.6 Å². The maximum absolute atomic E-state index is 13.6. The van der Waals surface area contributed by atoms with Crippen molar-refractivity contribution in [3.63, 3.8) is 0 Å². The van der Waals surface area contributed by atoms with E-state index in [1.54, 1.807) is 25.3 Å². The average molecular weight is 792 g/mol. The molecule has 0 spiro atoms. The number of hydrogen-bond acceptors (Lipinski definition) is 12. The zero-order valence-electron chi connectivity index (χ0n) is 32.0. The fraction of sp³-hybridized carbons (Fsp3) is 0.381. The van der Waals surface area contributed by atoms with Gasteiger partial charge in [0.05, 0.1) is 43.3 Å². The molecule has 4 aromatic rings. The highest BCUT2D eigenvalue weighted by molar-refractivity contribution is 6.33. The van der Waals surface area contributed by atoms with E-state index in [-0.39, 0.29) is 35.6 Å².